The second-order valence-corrected chi connectivity index (χ2v) is 12.8. The zero-order valence-corrected chi connectivity index (χ0v) is 29.1. The molecule has 3 fully saturated rings. The number of nitrogens with one attached hydrogen (secondary N) is 3. The van der Waals surface area contributed by atoms with Gasteiger partial charge in [0.25, 0.3) is 11.8 Å². The van der Waals surface area contributed by atoms with E-state index in [1.54, 1.807) is 16.7 Å². The van der Waals surface area contributed by atoms with Crippen molar-refractivity contribution < 1.29 is 38.2 Å². The van der Waals surface area contributed by atoms with E-state index < -0.39 is 23.7 Å². The average molecular weight is 714 g/mol. The lowest BCUT2D eigenvalue weighted by atomic mass is 10.2. The van der Waals surface area contributed by atoms with Gasteiger partial charge >= 0.3 is 23.7 Å². The Morgan fingerprint density at radius 1 is 0.712 bits per heavy atom. The molecule has 52 heavy (non-hydrogen) atoms. The monoisotopic (exact) mass is 713 g/mol. The average Bonchev–Trinajstić information content (AvgIpc) is 3.96. The van der Waals surface area contributed by atoms with Crippen molar-refractivity contribution in [3.05, 3.63) is 72.1 Å². The number of amides is 5. The molecular weight excluding hydrogens is 670 g/mol. The van der Waals surface area contributed by atoms with Crippen molar-refractivity contribution in [1.82, 2.24) is 34.9 Å². The van der Waals surface area contributed by atoms with Gasteiger partial charge in [0.2, 0.25) is 0 Å². The maximum atomic E-state index is 12.7. The highest BCUT2D eigenvalue weighted by Gasteiger charge is 2.31. The second-order valence-electron chi connectivity index (χ2n) is 12.8. The summed E-state index contributed by atoms with van der Waals surface area (Å²) in [7, 11) is 0. The summed E-state index contributed by atoms with van der Waals surface area (Å²) in [6, 6.07) is 19.1. The number of aromatic nitrogens is 2. The summed E-state index contributed by atoms with van der Waals surface area (Å²) in [5.74, 6) is -2.83. The maximum absolute atomic E-state index is 12.7. The zero-order chi connectivity index (χ0) is 36.6. The molecule has 0 saturated carbocycles. The molecule has 5 heterocycles. The number of fused-ring (bicyclic) bond motifs is 2. The Bertz CT molecular complexity index is 1870. The quantitative estimate of drug-likeness (QED) is 0.207. The van der Waals surface area contributed by atoms with E-state index in [9.17, 15) is 28.8 Å². The molecule has 2 aromatic carbocycles. The third-order valence-electron chi connectivity index (χ3n) is 9.39. The molecule has 3 aliphatic rings. The molecule has 4 aromatic rings. The first-order valence-electron chi connectivity index (χ1n) is 17.6. The van der Waals surface area contributed by atoms with E-state index in [1.165, 1.54) is 9.80 Å². The van der Waals surface area contributed by atoms with Crippen molar-refractivity contribution in [1.29, 1.82) is 0 Å². The number of piperazine rings is 2. The molecule has 7 rings (SSSR count). The van der Waals surface area contributed by atoms with Gasteiger partial charge in [0.15, 0.2) is 0 Å². The number of aromatic amines is 2. The van der Waals surface area contributed by atoms with Crippen LogP contribution in [0.15, 0.2) is 60.7 Å². The highest BCUT2D eigenvalue weighted by molar-refractivity contribution is 6.35. The Balaban J connectivity index is 0.000000181. The molecule has 15 nitrogen and oxygen atoms in total. The number of carbonyl (C=O) groups is 6. The summed E-state index contributed by atoms with van der Waals surface area (Å²) in [6.45, 7) is 5.82. The Labute approximate surface area is 300 Å². The van der Waals surface area contributed by atoms with Crippen molar-refractivity contribution in [2.75, 3.05) is 72.1 Å². The molecule has 0 aliphatic carbocycles. The van der Waals surface area contributed by atoms with Crippen LogP contribution in [0.4, 0.5) is 0 Å². The largest absolute Gasteiger partial charge is 0.459 e. The first-order chi connectivity index (χ1) is 25.2. The number of ether oxygens (including phenoxy) is 2. The third-order valence-corrected chi connectivity index (χ3v) is 9.39. The van der Waals surface area contributed by atoms with Crippen LogP contribution in [0, 0.1) is 0 Å². The lowest BCUT2D eigenvalue weighted by molar-refractivity contribution is -0.160. The van der Waals surface area contributed by atoms with Gasteiger partial charge in [-0.25, -0.2) is 4.79 Å². The summed E-state index contributed by atoms with van der Waals surface area (Å²) in [5, 5.41) is 4.63. The van der Waals surface area contributed by atoms with Crippen molar-refractivity contribution in [3.8, 4) is 0 Å². The molecule has 3 N–H and O–H groups in total. The van der Waals surface area contributed by atoms with Gasteiger partial charge in [0.05, 0.1) is 12.7 Å². The molecule has 1 unspecified atom stereocenters. The highest BCUT2D eigenvalue weighted by Crippen LogP contribution is 2.18. The van der Waals surface area contributed by atoms with Crippen LogP contribution in [0.3, 0.4) is 0 Å². The minimum atomic E-state index is -0.840. The van der Waals surface area contributed by atoms with Crippen LogP contribution >= 0.6 is 0 Å². The van der Waals surface area contributed by atoms with Crippen LogP contribution < -0.4 is 5.32 Å². The number of esters is 1. The first-order valence-corrected chi connectivity index (χ1v) is 17.6. The number of nitrogens with zero attached hydrogens (tertiary/aromatic N) is 4. The van der Waals surface area contributed by atoms with Crippen molar-refractivity contribution in [2.24, 2.45) is 0 Å². The van der Waals surface area contributed by atoms with Gasteiger partial charge < -0.3 is 44.4 Å². The third kappa shape index (κ3) is 8.42. The molecule has 3 saturated heterocycles. The number of benzene rings is 2. The predicted octanol–water partition coefficient (Wildman–Crippen LogP) is 1.76. The van der Waals surface area contributed by atoms with Gasteiger partial charge in [-0.2, -0.15) is 0 Å². The molecule has 3 aliphatic heterocycles. The number of carbonyl (C=O) groups excluding carboxylic acids is 6. The summed E-state index contributed by atoms with van der Waals surface area (Å²) in [5.41, 5.74) is 2.90. The first kappa shape index (κ1) is 36.1. The molecule has 0 bridgehead atoms. The molecular formula is C37H43N7O8. The summed E-state index contributed by atoms with van der Waals surface area (Å²) in [6.07, 6.45) is 1.90. The Morgan fingerprint density at radius 2 is 1.19 bits per heavy atom. The summed E-state index contributed by atoms with van der Waals surface area (Å²) < 4.78 is 10.2. The van der Waals surface area contributed by atoms with Crippen molar-refractivity contribution in [2.45, 2.75) is 25.9 Å². The lowest BCUT2D eigenvalue weighted by Gasteiger charge is -2.34. The van der Waals surface area contributed by atoms with Crippen molar-refractivity contribution >= 4 is 57.3 Å². The molecule has 2 aromatic heterocycles. The number of hydrogen-bond acceptors (Lipinski definition) is 8. The molecule has 15 heteroatoms. The summed E-state index contributed by atoms with van der Waals surface area (Å²) >= 11 is 0. The van der Waals surface area contributed by atoms with Crippen LogP contribution in [-0.4, -0.2) is 143 Å². The zero-order valence-electron chi connectivity index (χ0n) is 29.1. The highest BCUT2D eigenvalue weighted by atomic mass is 16.5. The fourth-order valence-electron chi connectivity index (χ4n) is 6.50. The smallest absolute Gasteiger partial charge is 0.397 e. The summed E-state index contributed by atoms with van der Waals surface area (Å²) in [4.78, 5) is 85.7. The van der Waals surface area contributed by atoms with E-state index in [0.29, 0.717) is 76.9 Å². The number of hydrogen-bond donors (Lipinski definition) is 3. The van der Waals surface area contributed by atoms with Gasteiger partial charge in [-0.05, 0) is 44.0 Å². The number of rotatable bonds is 5. The van der Waals surface area contributed by atoms with Gasteiger partial charge in [-0.1, -0.05) is 36.4 Å². The van der Waals surface area contributed by atoms with E-state index in [0.717, 1.165) is 34.6 Å². The van der Waals surface area contributed by atoms with E-state index in [4.69, 9.17) is 9.47 Å². The van der Waals surface area contributed by atoms with Crippen molar-refractivity contribution in [3.63, 3.8) is 0 Å². The maximum Gasteiger partial charge on any atom is 0.397 e. The number of para-hydroxylation sites is 2. The molecule has 0 spiro atoms. The van der Waals surface area contributed by atoms with Crippen LogP contribution in [0.2, 0.25) is 0 Å². The predicted molar refractivity (Wildman–Crippen MR) is 190 cm³/mol. The Morgan fingerprint density at radius 3 is 1.65 bits per heavy atom. The van der Waals surface area contributed by atoms with Crippen LogP contribution in [0.1, 0.15) is 40.7 Å². The van der Waals surface area contributed by atoms with E-state index in [2.05, 4.69) is 15.3 Å². The number of H-pyrrole nitrogens is 2. The molecule has 5 amide bonds. The molecule has 0 radical (unpaired) electrons. The van der Waals surface area contributed by atoms with E-state index >= 15 is 0 Å². The van der Waals surface area contributed by atoms with E-state index in [-0.39, 0.29) is 24.5 Å². The fraction of sp³-hybridized carbons (Fsp3) is 0.405. The van der Waals surface area contributed by atoms with Crippen LogP contribution in [-0.2, 0) is 28.7 Å². The Hall–Kier alpha value is -5.70. The molecule has 1 atom stereocenters. The van der Waals surface area contributed by atoms with E-state index in [1.807, 2.05) is 60.7 Å². The van der Waals surface area contributed by atoms with Crippen LogP contribution in [0.5, 0.6) is 0 Å². The van der Waals surface area contributed by atoms with Gasteiger partial charge in [-0.3, -0.25) is 24.0 Å². The van der Waals surface area contributed by atoms with Gasteiger partial charge in [-0.15, -0.1) is 0 Å². The van der Waals surface area contributed by atoms with Gasteiger partial charge in [0, 0.05) is 87.3 Å². The minimum Gasteiger partial charge on any atom is -0.459 e. The second kappa shape index (κ2) is 16.5. The Kier molecular flexibility index (Phi) is 11.5. The fourth-order valence-corrected chi connectivity index (χ4v) is 6.50. The SMILES string of the molecule is CCOC(=O)C(=O)N1CCN(C(=O)c2cc3ccccc3[nH]2)CC1.O=C(NCC1CCCO1)C(=O)N1CCN(C(=O)c2cc3ccccc3[nH]2)CC1. The van der Waals surface area contributed by atoms with Crippen LogP contribution in [0.25, 0.3) is 21.8 Å². The van der Waals surface area contributed by atoms with Gasteiger partial charge in [0.1, 0.15) is 11.4 Å². The standard InChI is InChI=1S/C20H24N4O4.C17H19N3O4/c25-18(21-13-15-5-3-11-28-15)20(27)24-9-7-23(8-10-24)19(26)17-12-14-4-1-2-6-16(14)22-17;1-2-24-17(23)16(22)20-9-7-19(8-10-20)15(21)14-11-12-5-3-4-6-13(12)18-14/h1-2,4,6,12,15,22H,3,5,7-11,13H2,(H,21,25);3-6,11,18H,2,7-10H2,1H3. The topological polar surface area (TPSA) is 177 Å². The minimum absolute atomic E-state index is 0.00234. The lowest BCUT2D eigenvalue weighted by Crippen LogP contribution is -2.54. The normalized spacial score (nSPS) is 17.4. The molecule has 274 valence electrons.